The van der Waals surface area contributed by atoms with Crippen molar-refractivity contribution in [3.8, 4) is 5.69 Å². The Labute approximate surface area is 192 Å². The summed E-state index contributed by atoms with van der Waals surface area (Å²) >= 11 is 0. The Morgan fingerprint density at radius 1 is 1.15 bits per heavy atom. The van der Waals surface area contributed by atoms with E-state index in [2.05, 4.69) is 51.5 Å². The second-order valence-electron chi connectivity index (χ2n) is 8.33. The molecule has 4 aromatic rings. The molecular formula is C25H28N6O2. The number of nitrogens with zero attached hydrogens (tertiary/aromatic N) is 4. The number of aromatic amines is 1. The van der Waals surface area contributed by atoms with E-state index in [4.69, 9.17) is 9.72 Å². The monoisotopic (exact) mass is 444 g/mol. The van der Waals surface area contributed by atoms with Gasteiger partial charge in [0.2, 0.25) is 5.95 Å². The largest absolute Gasteiger partial charge is 0.373 e. The minimum atomic E-state index is -0.213. The summed E-state index contributed by atoms with van der Waals surface area (Å²) in [5.74, 6) is 0.431. The van der Waals surface area contributed by atoms with Crippen molar-refractivity contribution >= 4 is 17.0 Å². The molecule has 0 radical (unpaired) electrons. The van der Waals surface area contributed by atoms with Gasteiger partial charge in [-0.2, -0.15) is 10.1 Å². The van der Waals surface area contributed by atoms with Crippen LogP contribution in [-0.4, -0.2) is 56.5 Å². The van der Waals surface area contributed by atoms with Crippen LogP contribution in [0.2, 0.25) is 0 Å². The highest BCUT2D eigenvalue weighted by Crippen LogP contribution is 2.19. The van der Waals surface area contributed by atoms with Gasteiger partial charge in [0.15, 0.2) is 5.65 Å². The number of ether oxygens (including phenoxy) is 1. The number of aromatic nitrogens is 4. The summed E-state index contributed by atoms with van der Waals surface area (Å²) in [6, 6.07) is 20.2. The molecule has 170 valence electrons. The van der Waals surface area contributed by atoms with Gasteiger partial charge in [0, 0.05) is 19.6 Å². The SMILES string of the molecule is CCC(Nc1nc2c(cnn2-c2ccccc2)c(=O)[nH]1)C1CN(Cc2ccccc2)CCO1. The smallest absolute Gasteiger partial charge is 0.263 e. The number of morpholine rings is 1. The Morgan fingerprint density at radius 3 is 2.67 bits per heavy atom. The van der Waals surface area contributed by atoms with Crippen molar-refractivity contribution in [3.05, 3.63) is 82.8 Å². The summed E-state index contributed by atoms with van der Waals surface area (Å²) in [6.07, 6.45) is 2.39. The third kappa shape index (κ3) is 4.67. The van der Waals surface area contributed by atoms with Crippen LogP contribution in [0.15, 0.2) is 71.7 Å². The molecule has 2 atom stereocenters. The molecule has 0 amide bonds. The van der Waals surface area contributed by atoms with Gasteiger partial charge in [-0.25, -0.2) is 4.68 Å². The van der Waals surface area contributed by atoms with E-state index in [1.807, 2.05) is 36.4 Å². The first kappa shape index (κ1) is 21.4. The summed E-state index contributed by atoms with van der Waals surface area (Å²) in [4.78, 5) is 22.7. The van der Waals surface area contributed by atoms with Crippen molar-refractivity contribution in [3.63, 3.8) is 0 Å². The van der Waals surface area contributed by atoms with Crippen LogP contribution >= 0.6 is 0 Å². The summed E-state index contributed by atoms with van der Waals surface area (Å²) in [7, 11) is 0. The lowest BCUT2D eigenvalue weighted by Gasteiger charge is -2.37. The number of para-hydroxylation sites is 1. The van der Waals surface area contributed by atoms with Gasteiger partial charge < -0.3 is 10.1 Å². The maximum absolute atomic E-state index is 12.7. The van der Waals surface area contributed by atoms with Gasteiger partial charge in [-0.3, -0.25) is 14.7 Å². The van der Waals surface area contributed by atoms with Crippen molar-refractivity contribution in [1.82, 2.24) is 24.6 Å². The highest BCUT2D eigenvalue weighted by molar-refractivity contribution is 5.76. The van der Waals surface area contributed by atoms with E-state index >= 15 is 0 Å². The molecule has 8 nitrogen and oxygen atoms in total. The van der Waals surface area contributed by atoms with Crippen LogP contribution in [-0.2, 0) is 11.3 Å². The molecule has 5 rings (SSSR count). The molecule has 0 spiro atoms. The summed E-state index contributed by atoms with van der Waals surface area (Å²) in [6.45, 7) is 5.41. The van der Waals surface area contributed by atoms with Crippen molar-refractivity contribution in [2.24, 2.45) is 0 Å². The number of hydrogen-bond acceptors (Lipinski definition) is 6. The van der Waals surface area contributed by atoms with E-state index in [9.17, 15) is 4.79 Å². The van der Waals surface area contributed by atoms with Crippen LogP contribution in [0.3, 0.4) is 0 Å². The maximum atomic E-state index is 12.7. The Balaban J connectivity index is 1.36. The number of anilines is 1. The van der Waals surface area contributed by atoms with Gasteiger partial charge in [-0.1, -0.05) is 55.5 Å². The first-order chi connectivity index (χ1) is 16.2. The summed E-state index contributed by atoms with van der Waals surface area (Å²) in [5.41, 5.74) is 2.47. The molecule has 2 unspecified atom stereocenters. The van der Waals surface area contributed by atoms with Gasteiger partial charge in [0.05, 0.1) is 30.6 Å². The summed E-state index contributed by atoms with van der Waals surface area (Å²) in [5, 5.41) is 8.27. The molecule has 2 aromatic heterocycles. The second kappa shape index (κ2) is 9.56. The summed E-state index contributed by atoms with van der Waals surface area (Å²) < 4.78 is 7.82. The third-order valence-corrected chi connectivity index (χ3v) is 6.08. The van der Waals surface area contributed by atoms with Gasteiger partial charge in [-0.15, -0.1) is 0 Å². The third-order valence-electron chi connectivity index (χ3n) is 6.08. The fourth-order valence-electron chi connectivity index (χ4n) is 4.34. The fourth-order valence-corrected chi connectivity index (χ4v) is 4.34. The number of rotatable bonds is 7. The van der Waals surface area contributed by atoms with Crippen molar-refractivity contribution in [2.45, 2.75) is 32.0 Å². The topological polar surface area (TPSA) is 88.1 Å². The molecule has 1 fully saturated rings. The van der Waals surface area contributed by atoms with E-state index in [1.54, 1.807) is 10.9 Å². The quantitative estimate of drug-likeness (QED) is 0.455. The molecule has 2 aromatic carbocycles. The van der Waals surface area contributed by atoms with Crippen molar-refractivity contribution in [1.29, 1.82) is 0 Å². The predicted octanol–water partition coefficient (Wildman–Crippen LogP) is 3.20. The number of nitrogens with one attached hydrogen (secondary N) is 2. The number of H-pyrrole nitrogens is 1. The van der Waals surface area contributed by atoms with E-state index in [0.717, 1.165) is 31.7 Å². The van der Waals surface area contributed by atoms with Crippen LogP contribution < -0.4 is 10.9 Å². The number of hydrogen-bond donors (Lipinski definition) is 2. The molecule has 3 heterocycles. The molecule has 2 N–H and O–H groups in total. The first-order valence-corrected chi connectivity index (χ1v) is 11.4. The zero-order chi connectivity index (χ0) is 22.6. The lowest BCUT2D eigenvalue weighted by atomic mass is 10.1. The lowest BCUT2D eigenvalue weighted by molar-refractivity contribution is -0.0403. The average Bonchev–Trinajstić information content (AvgIpc) is 3.28. The van der Waals surface area contributed by atoms with Crippen molar-refractivity contribution in [2.75, 3.05) is 25.0 Å². The second-order valence-corrected chi connectivity index (χ2v) is 8.33. The Hall–Kier alpha value is -3.49. The van der Waals surface area contributed by atoms with Crippen LogP contribution in [0.4, 0.5) is 5.95 Å². The molecule has 33 heavy (non-hydrogen) atoms. The van der Waals surface area contributed by atoms with Gasteiger partial charge in [0.25, 0.3) is 5.56 Å². The molecule has 0 aliphatic carbocycles. The zero-order valence-electron chi connectivity index (χ0n) is 18.6. The predicted molar refractivity (Wildman–Crippen MR) is 129 cm³/mol. The van der Waals surface area contributed by atoms with Gasteiger partial charge in [-0.05, 0) is 24.1 Å². The molecule has 8 heteroatoms. The normalized spacial score (nSPS) is 17.8. The molecule has 1 aliphatic rings. The zero-order valence-corrected chi connectivity index (χ0v) is 18.6. The lowest BCUT2D eigenvalue weighted by Crippen LogP contribution is -2.49. The molecule has 1 saturated heterocycles. The van der Waals surface area contributed by atoms with E-state index in [0.29, 0.717) is 23.6 Å². The van der Waals surface area contributed by atoms with Gasteiger partial charge in [0.1, 0.15) is 5.39 Å². The van der Waals surface area contributed by atoms with Crippen LogP contribution in [0.25, 0.3) is 16.7 Å². The van der Waals surface area contributed by atoms with Crippen LogP contribution in [0.5, 0.6) is 0 Å². The minimum Gasteiger partial charge on any atom is -0.373 e. The van der Waals surface area contributed by atoms with Crippen molar-refractivity contribution < 1.29 is 4.74 Å². The van der Waals surface area contributed by atoms with E-state index in [-0.39, 0.29) is 17.7 Å². The molecule has 0 bridgehead atoms. The highest BCUT2D eigenvalue weighted by Gasteiger charge is 2.28. The standard InChI is InChI=1S/C25H28N6O2/c1-2-21(22-17-30(13-14-33-22)16-18-9-5-3-6-10-18)27-25-28-23-20(24(32)29-25)15-26-31(23)19-11-7-4-8-12-19/h3-12,15,21-22H,2,13-14,16-17H2,1H3,(H2,27,28,29,32). The van der Waals surface area contributed by atoms with E-state index in [1.165, 1.54) is 5.56 Å². The van der Waals surface area contributed by atoms with E-state index < -0.39 is 0 Å². The maximum Gasteiger partial charge on any atom is 0.263 e. The molecule has 0 saturated carbocycles. The van der Waals surface area contributed by atoms with Gasteiger partial charge >= 0.3 is 0 Å². The van der Waals surface area contributed by atoms with Crippen LogP contribution in [0.1, 0.15) is 18.9 Å². The van der Waals surface area contributed by atoms with Crippen LogP contribution in [0, 0.1) is 0 Å². The Morgan fingerprint density at radius 2 is 1.91 bits per heavy atom. The molecule has 1 aliphatic heterocycles. The number of fused-ring (bicyclic) bond motifs is 1. The number of benzene rings is 2. The fraction of sp³-hybridized carbons (Fsp3) is 0.320. The minimum absolute atomic E-state index is 0.00695. The average molecular weight is 445 g/mol. The first-order valence-electron chi connectivity index (χ1n) is 11.4. The Kier molecular flexibility index (Phi) is 6.19. The Bertz CT molecular complexity index is 1250. The molecular weight excluding hydrogens is 416 g/mol. The highest BCUT2D eigenvalue weighted by atomic mass is 16.5.